The molecular weight excluding hydrogens is 254 g/mol. The monoisotopic (exact) mass is 273 g/mol. The lowest BCUT2D eigenvalue weighted by Gasteiger charge is -2.16. The molecule has 1 aliphatic heterocycles. The van der Waals surface area contributed by atoms with Crippen molar-refractivity contribution in [3.05, 3.63) is 17.9 Å². The predicted molar refractivity (Wildman–Crippen MR) is 66.3 cm³/mol. The van der Waals surface area contributed by atoms with E-state index in [-0.39, 0.29) is 17.5 Å². The molecule has 5 nitrogen and oxygen atoms in total. The van der Waals surface area contributed by atoms with E-state index in [0.717, 1.165) is 6.42 Å². The van der Waals surface area contributed by atoms with E-state index in [9.17, 15) is 8.42 Å². The molecular formula is C12H19NO4S. The van der Waals surface area contributed by atoms with Gasteiger partial charge in [0.1, 0.15) is 12.4 Å². The molecule has 2 rings (SSSR count). The van der Waals surface area contributed by atoms with E-state index in [0.29, 0.717) is 24.9 Å². The molecule has 0 saturated carbocycles. The average molecular weight is 273 g/mol. The number of aliphatic hydroxyl groups is 1. The van der Waals surface area contributed by atoms with Crippen molar-refractivity contribution in [2.24, 2.45) is 11.8 Å². The summed E-state index contributed by atoms with van der Waals surface area (Å²) in [4.78, 5) is 0. The molecule has 1 aliphatic rings. The van der Waals surface area contributed by atoms with Gasteiger partial charge < -0.3 is 9.52 Å². The van der Waals surface area contributed by atoms with E-state index in [4.69, 9.17) is 9.52 Å². The predicted octanol–water partition coefficient (Wildman–Crippen LogP) is 1.44. The molecule has 1 aromatic heterocycles. The van der Waals surface area contributed by atoms with Crippen molar-refractivity contribution < 1.29 is 17.9 Å². The molecule has 1 aromatic rings. The number of aliphatic hydroxyl groups excluding tert-OH is 1. The molecule has 18 heavy (non-hydrogen) atoms. The zero-order valence-electron chi connectivity index (χ0n) is 10.7. The Morgan fingerprint density at radius 1 is 1.50 bits per heavy atom. The first kappa shape index (κ1) is 13.6. The summed E-state index contributed by atoms with van der Waals surface area (Å²) in [6.07, 6.45) is 0.893. The molecule has 0 amide bonds. The number of rotatable bonds is 4. The first-order valence-corrected chi connectivity index (χ1v) is 7.59. The first-order chi connectivity index (χ1) is 8.45. The summed E-state index contributed by atoms with van der Waals surface area (Å²) >= 11 is 0. The lowest BCUT2D eigenvalue weighted by atomic mass is 9.96. The number of furan rings is 1. The second kappa shape index (κ2) is 5.03. The highest BCUT2D eigenvalue weighted by Gasteiger charge is 2.35. The van der Waals surface area contributed by atoms with Crippen molar-refractivity contribution in [2.45, 2.75) is 32.0 Å². The highest BCUT2D eigenvalue weighted by atomic mass is 32.2. The standard InChI is InChI=1S/C12H19NO4S/c1-9(2)10-5-6-13(7-10)18(15,16)12-4-3-11(8-14)17-12/h3-4,9-10,14H,5-8H2,1-2H3. The quantitative estimate of drug-likeness (QED) is 0.901. The molecule has 0 bridgehead atoms. The molecule has 1 saturated heterocycles. The second-order valence-electron chi connectivity index (χ2n) is 5.03. The van der Waals surface area contributed by atoms with Gasteiger partial charge in [-0.3, -0.25) is 0 Å². The molecule has 0 aliphatic carbocycles. The fourth-order valence-corrected chi connectivity index (χ4v) is 3.67. The third-order valence-electron chi connectivity index (χ3n) is 3.52. The minimum Gasteiger partial charge on any atom is -0.446 e. The van der Waals surface area contributed by atoms with Gasteiger partial charge in [0.2, 0.25) is 5.09 Å². The molecule has 0 aromatic carbocycles. The van der Waals surface area contributed by atoms with E-state index < -0.39 is 10.0 Å². The Kier molecular flexibility index (Phi) is 3.79. The Hall–Kier alpha value is -0.850. The van der Waals surface area contributed by atoms with Crippen molar-refractivity contribution in [1.82, 2.24) is 4.31 Å². The van der Waals surface area contributed by atoms with E-state index in [1.807, 2.05) is 0 Å². The Morgan fingerprint density at radius 2 is 2.22 bits per heavy atom. The largest absolute Gasteiger partial charge is 0.446 e. The summed E-state index contributed by atoms with van der Waals surface area (Å²) in [5, 5.41) is 8.82. The lowest BCUT2D eigenvalue weighted by Crippen LogP contribution is -2.29. The van der Waals surface area contributed by atoms with Gasteiger partial charge in [-0.2, -0.15) is 4.31 Å². The molecule has 6 heteroatoms. The van der Waals surface area contributed by atoms with Gasteiger partial charge in [0, 0.05) is 13.1 Å². The summed E-state index contributed by atoms with van der Waals surface area (Å²) in [7, 11) is -3.54. The zero-order valence-corrected chi connectivity index (χ0v) is 11.5. The Bertz CT molecular complexity index is 506. The summed E-state index contributed by atoms with van der Waals surface area (Å²) in [5.74, 6) is 1.16. The van der Waals surface area contributed by atoms with Gasteiger partial charge in [0.25, 0.3) is 10.0 Å². The van der Waals surface area contributed by atoms with Crippen molar-refractivity contribution in [1.29, 1.82) is 0 Å². The van der Waals surface area contributed by atoms with Crippen molar-refractivity contribution in [3.63, 3.8) is 0 Å². The van der Waals surface area contributed by atoms with Crippen LogP contribution >= 0.6 is 0 Å². The summed E-state index contributed by atoms with van der Waals surface area (Å²) in [6.45, 7) is 5.02. The van der Waals surface area contributed by atoms with Crippen LogP contribution in [0.15, 0.2) is 21.6 Å². The van der Waals surface area contributed by atoms with Crippen LogP contribution in [0.25, 0.3) is 0 Å². The molecule has 2 heterocycles. The van der Waals surface area contributed by atoms with E-state index in [1.165, 1.54) is 16.4 Å². The van der Waals surface area contributed by atoms with Gasteiger partial charge in [0.15, 0.2) is 0 Å². The first-order valence-electron chi connectivity index (χ1n) is 6.15. The number of sulfonamides is 1. The SMILES string of the molecule is CC(C)C1CCN(S(=O)(=O)c2ccc(CO)o2)C1. The number of nitrogens with zero attached hydrogens (tertiary/aromatic N) is 1. The van der Waals surface area contributed by atoms with Crippen LogP contribution in [-0.2, 0) is 16.6 Å². The molecule has 1 atom stereocenters. The smallest absolute Gasteiger partial charge is 0.276 e. The van der Waals surface area contributed by atoms with Crippen molar-refractivity contribution in [3.8, 4) is 0 Å². The average Bonchev–Trinajstić information content (AvgIpc) is 2.98. The van der Waals surface area contributed by atoms with Crippen LogP contribution in [0.5, 0.6) is 0 Å². The molecule has 1 unspecified atom stereocenters. The lowest BCUT2D eigenvalue weighted by molar-refractivity contribution is 0.235. The maximum absolute atomic E-state index is 12.3. The van der Waals surface area contributed by atoms with Gasteiger partial charge in [-0.1, -0.05) is 13.8 Å². The molecule has 1 N–H and O–H groups in total. The third kappa shape index (κ3) is 2.46. The second-order valence-corrected chi connectivity index (χ2v) is 6.90. The van der Waals surface area contributed by atoms with Gasteiger partial charge in [-0.05, 0) is 30.4 Å². The third-order valence-corrected chi connectivity index (χ3v) is 5.26. The van der Waals surface area contributed by atoms with Gasteiger partial charge in [0.05, 0.1) is 0 Å². The molecule has 0 radical (unpaired) electrons. The minimum absolute atomic E-state index is 0.0732. The van der Waals surface area contributed by atoms with Crippen LogP contribution in [-0.4, -0.2) is 30.9 Å². The highest BCUT2D eigenvalue weighted by Crippen LogP contribution is 2.29. The fraction of sp³-hybridized carbons (Fsp3) is 0.667. The maximum atomic E-state index is 12.3. The van der Waals surface area contributed by atoms with E-state index >= 15 is 0 Å². The Labute approximate surface area is 107 Å². The molecule has 1 fully saturated rings. The van der Waals surface area contributed by atoms with Gasteiger partial charge in [-0.15, -0.1) is 0 Å². The topological polar surface area (TPSA) is 70.8 Å². The summed E-state index contributed by atoms with van der Waals surface area (Å²) in [5.41, 5.74) is 0. The Morgan fingerprint density at radius 3 is 2.72 bits per heavy atom. The number of hydrogen-bond acceptors (Lipinski definition) is 4. The molecule has 0 spiro atoms. The van der Waals surface area contributed by atoms with Crippen molar-refractivity contribution >= 4 is 10.0 Å². The van der Waals surface area contributed by atoms with Crippen LogP contribution in [0.2, 0.25) is 0 Å². The van der Waals surface area contributed by atoms with Crippen molar-refractivity contribution in [2.75, 3.05) is 13.1 Å². The normalized spacial score (nSPS) is 21.9. The summed E-state index contributed by atoms with van der Waals surface area (Å²) < 4.78 is 31.2. The fourth-order valence-electron chi connectivity index (χ4n) is 2.23. The van der Waals surface area contributed by atoms with Crippen LogP contribution in [0.1, 0.15) is 26.0 Å². The minimum atomic E-state index is -3.54. The summed E-state index contributed by atoms with van der Waals surface area (Å²) in [6, 6.07) is 2.90. The van der Waals surface area contributed by atoms with Crippen LogP contribution in [0, 0.1) is 11.8 Å². The van der Waals surface area contributed by atoms with Crippen LogP contribution in [0.3, 0.4) is 0 Å². The Balaban J connectivity index is 2.17. The van der Waals surface area contributed by atoms with E-state index in [1.54, 1.807) is 0 Å². The van der Waals surface area contributed by atoms with E-state index in [2.05, 4.69) is 13.8 Å². The molecule has 102 valence electrons. The zero-order chi connectivity index (χ0) is 13.3. The highest BCUT2D eigenvalue weighted by molar-refractivity contribution is 7.89. The number of hydrogen-bond donors (Lipinski definition) is 1. The van der Waals surface area contributed by atoms with Gasteiger partial charge in [-0.25, -0.2) is 8.42 Å². The van der Waals surface area contributed by atoms with Gasteiger partial charge >= 0.3 is 0 Å². The maximum Gasteiger partial charge on any atom is 0.276 e. The van der Waals surface area contributed by atoms with Crippen LogP contribution in [0.4, 0.5) is 0 Å². The van der Waals surface area contributed by atoms with Crippen LogP contribution < -0.4 is 0 Å².